The van der Waals surface area contributed by atoms with Crippen LogP contribution >= 0.6 is 0 Å². The van der Waals surface area contributed by atoms with Crippen molar-refractivity contribution in [2.45, 2.75) is 44.9 Å². The van der Waals surface area contributed by atoms with E-state index in [9.17, 15) is 19.2 Å². The number of likely N-dealkylation sites (tertiary alicyclic amines) is 1. The van der Waals surface area contributed by atoms with Crippen molar-refractivity contribution in [2.24, 2.45) is 0 Å². The molecule has 8 heteroatoms. The Hall–Kier alpha value is -3.68. The van der Waals surface area contributed by atoms with Crippen molar-refractivity contribution >= 4 is 29.4 Å². The predicted molar refractivity (Wildman–Crippen MR) is 115 cm³/mol. The Labute approximate surface area is 185 Å². The van der Waals surface area contributed by atoms with Crippen LogP contribution in [-0.4, -0.2) is 41.3 Å². The van der Waals surface area contributed by atoms with Gasteiger partial charge in [0, 0.05) is 17.7 Å². The number of fused-ring (bicyclic) bond motifs is 1. The summed E-state index contributed by atoms with van der Waals surface area (Å²) in [4.78, 5) is 51.1. The smallest absolute Gasteiger partial charge is 0.340 e. The Kier molecular flexibility index (Phi) is 6.20. The lowest BCUT2D eigenvalue weighted by atomic mass is 10.1. The number of ether oxygens (including phenoxy) is 2. The Morgan fingerprint density at radius 2 is 1.88 bits per heavy atom. The van der Waals surface area contributed by atoms with Gasteiger partial charge in [0.05, 0.1) is 17.7 Å². The van der Waals surface area contributed by atoms with Crippen LogP contribution in [0.4, 0.5) is 5.69 Å². The maximum absolute atomic E-state index is 13.0. The van der Waals surface area contributed by atoms with Crippen molar-refractivity contribution in [3.63, 3.8) is 0 Å². The van der Waals surface area contributed by atoms with Crippen LogP contribution < -0.4 is 5.32 Å². The van der Waals surface area contributed by atoms with E-state index in [1.165, 1.54) is 4.90 Å². The standard InChI is InChI=1S/C24H24N2O6/c1-2-3-14-31-23(29)15-8-10-16(11-9-15)25-21(28)19-12-13-20(27)26(19)22-17-6-4-5-7-18(17)24(30)32-22/h4-11,19,22H,2-3,12-14H2,1H3,(H,25,28)/t19-,22-/m1/s1. The Bertz CT molecular complexity index is 1050. The molecular weight excluding hydrogens is 412 g/mol. The Morgan fingerprint density at radius 1 is 1.12 bits per heavy atom. The lowest BCUT2D eigenvalue weighted by molar-refractivity contribution is -0.144. The number of amides is 2. The molecule has 0 aliphatic carbocycles. The molecule has 8 nitrogen and oxygen atoms in total. The lowest BCUT2D eigenvalue weighted by Crippen LogP contribution is -2.43. The van der Waals surface area contributed by atoms with Gasteiger partial charge in [0.1, 0.15) is 6.04 Å². The molecule has 0 radical (unpaired) electrons. The summed E-state index contributed by atoms with van der Waals surface area (Å²) in [5.41, 5.74) is 1.86. The van der Waals surface area contributed by atoms with Crippen molar-refractivity contribution in [1.29, 1.82) is 0 Å². The van der Waals surface area contributed by atoms with Crippen LogP contribution in [0.15, 0.2) is 48.5 Å². The number of cyclic esters (lactones) is 1. The maximum Gasteiger partial charge on any atom is 0.340 e. The zero-order valence-corrected chi connectivity index (χ0v) is 17.7. The highest BCUT2D eigenvalue weighted by Gasteiger charge is 2.46. The van der Waals surface area contributed by atoms with Gasteiger partial charge in [0.25, 0.3) is 0 Å². The van der Waals surface area contributed by atoms with Crippen molar-refractivity contribution in [1.82, 2.24) is 4.90 Å². The molecule has 0 saturated carbocycles. The molecule has 2 heterocycles. The molecule has 0 aromatic heterocycles. The minimum atomic E-state index is -0.912. The van der Waals surface area contributed by atoms with Crippen LogP contribution in [0.3, 0.4) is 0 Å². The SMILES string of the molecule is CCCCOC(=O)c1ccc(NC(=O)[C@H]2CCC(=O)N2[C@@H]2OC(=O)c3ccccc32)cc1. The average molecular weight is 436 g/mol. The predicted octanol–water partition coefficient (Wildman–Crippen LogP) is 3.44. The number of hydrogen-bond acceptors (Lipinski definition) is 6. The van der Waals surface area contributed by atoms with Crippen LogP contribution in [-0.2, 0) is 19.1 Å². The lowest BCUT2D eigenvalue weighted by Gasteiger charge is -2.29. The molecule has 1 fully saturated rings. The molecule has 4 rings (SSSR count). The second-order valence-electron chi connectivity index (χ2n) is 7.76. The van der Waals surface area contributed by atoms with Crippen molar-refractivity contribution in [3.05, 3.63) is 65.2 Å². The Balaban J connectivity index is 1.45. The molecule has 2 aliphatic rings. The molecular formula is C24H24N2O6. The molecule has 32 heavy (non-hydrogen) atoms. The highest BCUT2D eigenvalue weighted by Crippen LogP contribution is 2.38. The number of nitrogens with zero attached hydrogens (tertiary/aromatic N) is 1. The van der Waals surface area contributed by atoms with Gasteiger partial charge in [0.15, 0.2) is 0 Å². The summed E-state index contributed by atoms with van der Waals surface area (Å²) in [6, 6.07) is 12.5. The number of hydrogen-bond donors (Lipinski definition) is 1. The van der Waals surface area contributed by atoms with Gasteiger partial charge in [0.2, 0.25) is 18.0 Å². The van der Waals surface area contributed by atoms with Crippen molar-refractivity contribution in [3.8, 4) is 0 Å². The van der Waals surface area contributed by atoms with Gasteiger partial charge in [-0.3, -0.25) is 14.5 Å². The summed E-state index contributed by atoms with van der Waals surface area (Å²) in [5.74, 6) is -1.55. The zero-order chi connectivity index (χ0) is 22.7. The first-order valence-corrected chi connectivity index (χ1v) is 10.7. The molecule has 1 saturated heterocycles. The first-order chi connectivity index (χ1) is 15.5. The van der Waals surface area contributed by atoms with E-state index in [0.717, 1.165) is 12.8 Å². The molecule has 2 atom stereocenters. The molecule has 2 aliphatic heterocycles. The van der Waals surface area contributed by atoms with Gasteiger partial charge in [-0.25, -0.2) is 9.59 Å². The summed E-state index contributed by atoms with van der Waals surface area (Å²) in [5, 5.41) is 2.79. The van der Waals surface area contributed by atoms with E-state index >= 15 is 0 Å². The first kappa shape index (κ1) is 21.5. The van der Waals surface area contributed by atoms with E-state index in [1.807, 2.05) is 6.92 Å². The molecule has 0 unspecified atom stereocenters. The van der Waals surface area contributed by atoms with Crippen LogP contribution in [0, 0.1) is 0 Å². The third-order valence-corrected chi connectivity index (χ3v) is 5.60. The highest BCUT2D eigenvalue weighted by molar-refractivity contribution is 6.00. The molecule has 2 amide bonds. The number of unbranched alkanes of at least 4 members (excludes halogenated alkanes) is 1. The number of carbonyl (C=O) groups excluding carboxylic acids is 4. The van der Waals surface area contributed by atoms with E-state index in [2.05, 4.69) is 5.32 Å². The summed E-state index contributed by atoms with van der Waals surface area (Å²) >= 11 is 0. The third-order valence-electron chi connectivity index (χ3n) is 5.60. The summed E-state index contributed by atoms with van der Waals surface area (Å²) < 4.78 is 10.6. The fourth-order valence-corrected chi connectivity index (χ4v) is 3.89. The summed E-state index contributed by atoms with van der Waals surface area (Å²) in [6.07, 6.45) is 1.34. The molecule has 2 aromatic rings. The number of benzene rings is 2. The van der Waals surface area contributed by atoms with Gasteiger partial charge in [-0.15, -0.1) is 0 Å². The van der Waals surface area contributed by atoms with E-state index in [0.29, 0.717) is 35.4 Å². The largest absolute Gasteiger partial charge is 0.462 e. The fraction of sp³-hybridized carbons (Fsp3) is 0.333. The molecule has 2 aromatic carbocycles. The maximum atomic E-state index is 13.0. The van der Waals surface area contributed by atoms with Crippen LogP contribution in [0.2, 0.25) is 0 Å². The minimum absolute atomic E-state index is 0.191. The van der Waals surface area contributed by atoms with E-state index < -0.39 is 24.2 Å². The number of esters is 2. The second kappa shape index (κ2) is 9.21. The van der Waals surface area contributed by atoms with Crippen LogP contribution in [0.25, 0.3) is 0 Å². The number of nitrogens with one attached hydrogen (secondary N) is 1. The van der Waals surface area contributed by atoms with Crippen LogP contribution in [0.1, 0.15) is 65.1 Å². The molecule has 0 bridgehead atoms. The minimum Gasteiger partial charge on any atom is -0.462 e. The molecule has 166 valence electrons. The number of rotatable bonds is 7. The topological polar surface area (TPSA) is 102 Å². The average Bonchev–Trinajstić information content (AvgIpc) is 3.34. The van der Waals surface area contributed by atoms with E-state index in [4.69, 9.17) is 9.47 Å². The van der Waals surface area contributed by atoms with E-state index in [1.54, 1.807) is 48.5 Å². The van der Waals surface area contributed by atoms with Gasteiger partial charge in [-0.2, -0.15) is 0 Å². The molecule has 0 spiro atoms. The van der Waals surface area contributed by atoms with Crippen LogP contribution in [0.5, 0.6) is 0 Å². The van der Waals surface area contributed by atoms with E-state index in [-0.39, 0.29) is 18.2 Å². The Morgan fingerprint density at radius 3 is 2.62 bits per heavy atom. The summed E-state index contributed by atoms with van der Waals surface area (Å²) in [6.45, 7) is 2.38. The van der Waals surface area contributed by atoms with Gasteiger partial charge in [-0.05, 0) is 43.2 Å². The highest BCUT2D eigenvalue weighted by atomic mass is 16.6. The van der Waals surface area contributed by atoms with Crippen molar-refractivity contribution in [2.75, 3.05) is 11.9 Å². The number of carbonyl (C=O) groups is 4. The summed E-state index contributed by atoms with van der Waals surface area (Å²) in [7, 11) is 0. The second-order valence-corrected chi connectivity index (χ2v) is 7.76. The first-order valence-electron chi connectivity index (χ1n) is 10.7. The quantitative estimate of drug-likeness (QED) is 0.527. The number of anilines is 1. The third kappa shape index (κ3) is 4.21. The van der Waals surface area contributed by atoms with Crippen molar-refractivity contribution < 1.29 is 28.7 Å². The molecule has 1 N–H and O–H groups in total. The zero-order valence-electron chi connectivity index (χ0n) is 17.7. The van der Waals surface area contributed by atoms with Gasteiger partial charge in [-0.1, -0.05) is 31.5 Å². The van der Waals surface area contributed by atoms with Gasteiger partial charge < -0.3 is 14.8 Å². The monoisotopic (exact) mass is 436 g/mol. The normalized spacial score (nSPS) is 19.5. The fourth-order valence-electron chi connectivity index (χ4n) is 3.89. The van der Waals surface area contributed by atoms with Gasteiger partial charge >= 0.3 is 11.9 Å².